The SMILES string of the molecule is O=C(Cc1c[nH]c2ccc(F)cc12)N[C@@H](Cc1cc(F)cc(F)c1)c1ncccc1-c1ccc(Cl)c(Cl)c1. The Balaban J connectivity index is 1.51. The Morgan fingerprint density at radius 2 is 1.71 bits per heavy atom. The highest BCUT2D eigenvalue weighted by atomic mass is 35.5. The average Bonchev–Trinajstić information content (AvgIpc) is 3.26. The third-order valence-electron chi connectivity index (χ3n) is 6.18. The summed E-state index contributed by atoms with van der Waals surface area (Å²) >= 11 is 12.3. The van der Waals surface area contributed by atoms with Crippen LogP contribution in [0.3, 0.4) is 0 Å². The van der Waals surface area contributed by atoms with E-state index in [-0.39, 0.29) is 18.7 Å². The number of nitrogens with one attached hydrogen (secondary N) is 2. The highest BCUT2D eigenvalue weighted by Crippen LogP contribution is 2.33. The second-order valence-corrected chi connectivity index (χ2v) is 9.66. The summed E-state index contributed by atoms with van der Waals surface area (Å²) < 4.78 is 41.8. The molecule has 0 radical (unpaired) electrons. The van der Waals surface area contributed by atoms with E-state index >= 15 is 0 Å². The first-order valence-electron chi connectivity index (χ1n) is 11.7. The summed E-state index contributed by atoms with van der Waals surface area (Å²) in [5, 5.41) is 4.29. The molecule has 0 spiro atoms. The molecule has 4 nitrogen and oxygen atoms in total. The number of rotatable bonds is 7. The number of H-pyrrole nitrogens is 1. The van der Waals surface area contributed by atoms with Crippen molar-refractivity contribution in [2.75, 3.05) is 0 Å². The molecule has 3 aromatic carbocycles. The van der Waals surface area contributed by atoms with Crippen LogP contribution in [0.2, 0.25) is 10.0 Å². The van der Waals surface area contributed by atoms with Gasteiger partial charge in [0.05, 0.1) is 28.2 Å². The summed E-state index contributed by atoms with van der Waals surface area (Å²) in [6.07, 6.45) is 3.24. The van der Waals surface area contributed by atoms with E-state index in [2.05, 4.69) is 15.3 Å². The van der Waals surface area contributed by atoms with Crippen LogP contribution in [0.5, 0.6) is 0 Å². The molecule has 2 aromatic heterocycles. The standard InChI is InChI=1S/C29H20Cl2F3N3O/c30-24-5-3-17(11-25(24)31)22-2-1-7-35-29(22)27(10-16-8-20(33)13-21(34)9-16)37-28(38)12-18-15-36-26-6-4-19(32)14-23(18)26/h1-9,11,13-15,27,36H,10,12H2,(H,37,38)/t27-/m0/s1. The summed E-state index contributed by atoms with van der Waals surface area (Å²) in [5.74, 6) is -2.24. The van der Waals surface area contributed by atoms with Crippen LogP contribution in [0.4, 0.5) is 13.2 Å². The van der Waals surface area contributed by atoms with E-state index in [0.29, 0.717) is 48.9 Å². The lowest BCUT2D eigenvalue weighted by atomic mass is 9.95. The Bertz CT molecular complexity index is 1630. The van der Waals surface area contributed by atoms with Crippen LogP contribution in [0.1, 0.15) is 22.9 Å². The number of hydrogen-bond donors (Lipinski definition) is 2. The van der Waals surface area contributed by atoms with Gasteiger partial charge >= 0.3 is 0 Å². The van der Waals surface area contributed by atoms with Crippen molar-refractivity contribution in [3.63, 3.8) is 0 Å². The molecule has 0 saturated heterocycles. The van der Waals surface area contributed by atoms with Crippen LogP contribution in [0.25, 0.3) is 22.0 Å². The Labute approximate surface area is 226 Å². The molecule has 38 heavy (non-hydrogen) atoms. The predicted octanol–water partition coefficient (Wildman–Crippen LogP) is 7.60. The molecule has 192 valence electrons. The summed E-state index contributed by atoms with van der Waals surface area (Å²) in [6, 6.07) is 15.4. The van der Waals surface area contributed by atoms with Crippen molar-refractivity contribution in [1.82, 2.24) is 15.3 Å². The van der Waals surface area contributed by atoms with Gasteiger partial charge in [0.25, 0.3) is 0 Å². The molecule has 5 rings (SSSR count). The van der Waals surface area contributed by atoms with Gasteiger partial charge in [0, 0.05) is 34.9 Å². The first-order chi connectivity index (χ1) is 18.3. The van der Waals surface area contributed by atoms with Crippen LogP contribution >= 0.6 is 23.2 Å². The van der Waals surface area contributed by atoms with Crippen LogP contribution in [0, 0.1) is 17.5 Å². The van der Waals surface area contributed by atoms with E-state index in [9.17, 15) is 18.0 Å². The number of aromatic nitrogens is 2. The zero-order valence-electron chi connectivity index (χ0n) is 19.7. The van der Waals surface area contributed by atoms with Crippen LogP contribution in [-0.4, -0.2) is 15.9 Å². The third-order valence-corrected chi connectivity index (χ3v) is 6.92. The monoisotopic (exact) mass is 553 g/mol. The fraction of sp³-hybridized carbons (Fsp3) is 0.103. The van der Waals surface area contributed by atoms with Gasteiger partial charge in [-0.25, -0.2) is 13.2 Å². The lowest BCUT2D eigenvalue weighted by Gasteiger charge is -2.22. The number of amides is 1. The normalized spacial score (nSPS) is 12.0. The molecular weight excluding hydrogens is 534 g/mol. The number of fused-ring (bicyclic) bond motifs is 1. The number of nitrogens with zero attached hydrogens (tertiary/aromatic N) is 1. The Kier molecular flexibility index (Phi) is 7.40. The smallest absolute Gasteiger partial charge is 0.225 e. The quantitative estimate of drug-likeness (QED) is 0.218. The molecule has 0 unspecified atom stereocenters. The predicted molar refractivity (Wildman–Crippen MR) is 143 cm³/mol. The number of carbonyl (C=O) groups is 1. The van der Waals surface area contributed by atoms with Crippen molar-refractivity contribution in [2.24, 2.45) is 0 Å². The van der Waals surface area contributed by atoms with Gasteiger partial charge in [-0.3, -0.25) is 9.78 Å². The van der Waals surface area contributed by atoms with Crippen molar-refractivity contribution in [2.45, 2.75) is 18.9 Å². The second-order valence-electron chi connectivity index (χ2n) is 8.85. The molecule has 1 atom stereocenters. The fourth-order valence-corrected chi connectivity index (χ4v) is 4.80. The van der Waals surface area contributed by atoms with Crippen LogP contribution in [0.15, 0.2) is 79.1 Å². The van der Waals surface area contributed by atoms with Crippen molar-refractivity contribution < 1.29 is 18.0 Å². The Hall–Kier alpha value is -3.81. The van der Waals surface area contributed by atoms with Gasteiger partial charge in [-0.2, -0.15) is 0 Å². The molecule has 5 aromatic rings. The number of halogens is 5. The van der Waals surface area contributed by atoms with E-state index in [1.807, 2.05) is 6.07 Å². The zero-order chi connectivity index (χ0) is 26.8. The van der Waals surface area contributed by atoms with E-state index in [4.69, 9.17) is 23.2 Å². The van der Waals surface area contributed by atoms with E-state index in [1.165, 1.54) is 24.3 Å². The largest absolute Gasteiger partial charge is 0.361 e. The number of hydrogen-bond acceptors (Lipinski definition) is 2. The summed E-state index contributed by atoms with van der Waals surface area (Å²) in [6.45, 7) is 0. The van der Waals surface area contributed by atoms with Gasteiger partial charge in [0.2, 0.25) is 5.91 Å². The lowest BCUT2D eigenvalue weighted by molar-refractivity contribution is -0.121. The lowest BCUT2D eigenvalue weighted by Crippen LogP contribution is -2.32. The Morgan fingerprint density at radius 3 is 2.47 bits per heavy atom. The van der Waals surface area contributed by atoms with Gasteiger partial charge in [-0.15, -0.1) is 0 Å². The topological polar surface area (TPSA) is 57.8 Å². The molecule has 0 saturated carbocycles. The first-order valence-corrected chi connectivity index (χ1v) is 12.4. The van der Waals surface area contributed by atoms with Crippen molar-refractivity contribution in [1.29, 1.82) is 0 Å². The van der Waals surface area contributed by atoms with Gasteiger partial charge in [-0.05, 0) is 71.6 Å². The Morgan fingerprint density at radius 1 is 0.921 bits per heavy atom. The minimum atomic E-state index is -0.753. The molecule has 0 aliphatic rings. The van der Waals surface area contributed by atoms with Gasteiger partial charge < -0.3 is 10.3 Å². The average molecular weight is 554 g/mol. The van der Waals surface area contributed by atoms with Crippen molar-refractivity contribution in [3.05, 3.63) is 123 Å². The molecule has 0 aliphatic carbocycles. The number of aromatic amines is 1. The highest BCUT2D eigenvalue weighted by Gasteiger charge is 2.22. The maximum absolute atomic E-state index is 14.0. The summed E-state index contributed by atoms with van der Waals surface area (Å²) in [5.41, 5.74) is 3.51. The minimum Gasteiger partial charge on any atom is -0.361 e. The number of pyridine rings is 1. The zero-order valence-corrected chi connectivity index (χ0v) is 21.3. The van der Waals surface area contributed by atoms with E-state index < -0.39 is 23.5 Å². The molecule has 0 bridgehead atoms. The van der Waals surface area contributed by atoms with Crippen LogP contribution in [-0.2, 0) is 17.6 Å². The van der Waals surface area contributed by atoms with Gasteiger partial charge in [0.1, 0.15) is 17.5 Å². The summed E-state index contributed by atoms with van der Waals surface area (Å²) in [7, 11) is 0. The van der Waals surface area contributed by atoms with Gasteiger partial charge in [0.15, 0.2) is 0 Å². The molecular formula is C29H20Cl2F3N3O. The number of benzene rings is 3. The van der Waals surface area contributed by atoms with Crippen molar-refractivity contribution >= 4 is 40.0 Å². The molecule has 0 aliphatic heterocycles. The fourth-order valence-electron chi connectivity index (χ4n) is 4.50. The van der Waals surface area contributed by atoms with Gasteiger partial charge in [-0.1, -0.05) is 35.3 Å². The molecule has 1 amide bonds. The minimum absolute atomic E-state index is 0.0492. The molecule has 2 heterocycles. The van der Waals surface area contributed by atoms with E-state index in [1.54, 1.807) is 42.7 Å². The maximum Gasteiger partial charge on any atom is 0.225 e. The van der Waals surface area contributed by atoms with Crippen molar-refractivity contribution in [3.8, 4) is 11.1 Å². The first kappa shape index (κ1) is 25.8. The second kappa shape index (κ2) is 10.9. The number of carbonyl (C=O) groups excluding carboxylic acids is 1. The molecule has 9 heteroatoms. The molecule has 2 N–H and O–H groups in total. The third kappa shape index (κ3) is 5.69. The maximum atomic E-state index is 14.0. The van der Waals surface area contributed by atoms with E-state index in [0.717, 1.165) is 6.07 Å². The summed E-state index contributed by atoms with van der Waals surface area (Å²) in [4.78, 5) is 20.8. The van der Waals surface area contributed by atoms with Crippen LogP contribution < -0.4 is 5.32 Å². The highest BCUT2D eigenvalue weighted by molar-refractivity contribution is 6.42. The molecule has 0 fully saturated rings.